The van der Waals surface area contributed by atoms with E-state index in [4.69, 9.17) is 0 Å². The number of sulfone groups is 1. The van der Waals surface area contributed by atoms with Gasteiger partial charge in [0.15, 0.2) is 15.7 Å². The van der Waals surface area contributed by atoms with Crippen molar-refractivity contribution in [2.75, 3.05) is 5.32 Å². The van der Waals surface area contributed by atoms with Gasteiger partial charge in [-0.15, -0.1) is 0 Å². The van der Waals surface area contributed by atoms with Crippen LogP contribution >= 0.6 is 0 Å². The van der Waals surface area contributed by atoms with Gasteiger partial charge in [0, 0.05) is 11.8 Å². The molecule has 9 heteroatoms. The van der Waals surface area contributed by atoms with Gasteiger partial charge in [0.1, 0.15) is 12.7 Å². The third-order valence-corrected chi connectivity index (χ3v) is 5.91. The van der Waals surface area contributed by atoms with Gasteiger partial charge in [0.25, 0.3) is 5.91 Å². The second-order valence-corrected chi connectivity index (χ2v) is 8.29. The fourth-order valence-electron chi connectivity index (χ4n) is 2.26. The number of carbonyl (C=O) groups excluding carboxylic acids is 1. The summed E-state index contributed by atoms with van der Waals surface area (Å²) < 4.78 is 25.7. The molecule has 0 bridgehead atoms. The van der Waals surface area contributed by atoms with Gasteiger partial charge in [-0.1, -0.05) is 0 Å². The first kappa shape index (κ1) is 17.7. The van der Waals surface area contributed by atoms with Gasteiger partial charge in [-0.3, -0.25) is 4.79 Å². The van der Waals surface area contributed by atoms with Crippen molar-refractivity contribution in [2.45, 2.75) is 24.0 Å². The lowest BCUT2D eigenvalue weighted by Gasteiger charge is -2.11. The molecule has 0 radical (unpaired) electrons. The van der Waals surface area contributed by atoms with Crippen molar-refractivity contribution in [3.63, 3.8) is 0 Å². The van der Waals surface area contributed by atoms with Crippen molar-refractivity contribution in [3.8, 4) is 5.82 Å². The first-order valence-corrected chi connectivity index (χ1v) is 9.39. The number of carbonyl (C=O) groups is 1. The number of rotatable bonds is 5. The molecule has 0 spiro atoms. The summed E-state index contributed by atoms with van der Waals surface area (Å²) >= 11 is 0. The molecule has 3 aromatic rings. The average Bonchev–Trinajstić information content (AvgIpc) is 3.16. The summed E-state index contributed by atoms with van der Waals surface area (Å²) in [7, 11) is -3.37. The molecule has 0 saturated heterocycles. The van der Waals surface area contributed by atoms with Gasteiger partial charge in [0.05, 0.1) is 15.8 Å². The highest BCUT2D eigenvalue weighted by molar-refractivity contribution is 7.92. The number of hydrogen-bond acceptors (Lipinski definition) is 6. The van der Waals surface area contributed by atoms with Crippen LogP contribution in [-0.4, -0.2) is 39.3 Å². The summed E-state index contributed by atoms with van der Waals surface area (Å²) in [4.78, 5) is 20.8. The summed E-state index contributed by atoms with van der Waals surface area (Å²) in [6.07, 6.45) is 4.43. The standard InChI is InChI=1S/C17H17N5O3S/c1-12(2)26(24,25)14-7-5-13(6-8-14)17(23)21-15-4-3-9-19-16(15)22-11-18-10-20-22/h3-12H,1-2H3,(H,21,23). The minimum Gasteiger partial charge on any atom is -0.319 e. The highest BCUT2D eigenvalue weighted by Crippen LogP contribution is 2.19. The normalized spacial score (nSPS) is 11.5. The Morgan fingerprint density at radius 2 is 1.88 bits per heavy atom. The quantitative estimate of drug-likeness (QED) is 0.736. The van der Waals surface area contributed by atoms with E-state index in [2.05, 4.69) is 20.4 Å². The van der Waals surface area contributed by atoms with E-state index in [1.54, 1.807) is 32.2 Å². The zero-order chi connectivity index (χ0) is 18.7. The van der Waals surface area contributed by atoms with Gasteiger partial charge in [0.2, 0.25) is 0 Å². The molecule has 0 aliphatic heterocycles. The van der Waals surface area contributed by atoms with Gasteiger partial charge in [-0.05, 0) is 50.2 Å². The maximum Gasteiger partial charge on any atom is 0.255 e. The lowest BCUT2D eigenvalue weighted by atomic mass is 10.2. The van der Waals surface area contributed by atoms with E-state index in [1.807, 2.05) is 0 Å². The number of aromatic nitrogens is 4. The van der Waals surface area contributed by atoms with Crippen LogP contribution in [0.3, 0.4) is 0 Å². The summed E-state index contributed by atoms with van der Waals surface area (Å²) in [5.74, 6) is 0.0465. The molecule has 1 amide bonds. The van der Waals surface area contributed by atoms with Crippen molar-refractivity contribution in [3.05, 3.63) is 60.8 Å². The highest BCUT2D eigenvalue weighted by Gasteiger charge is 2.19. The van der Waals surface area contributed by atoms with E-state index < -0.39 is 15.1 Å². The molecule has 0 aliphatic carbocycles. The van der Waals surface area contributed by atoms with Crippen LogP contribution in [0.15, 0.2) is 60.1 Å². The topological polar surface area (TPSA) is 107 Å². The predicted molar refractivity (Wildman–Crippen MR) is 95.9 cm³/mol. The van der Waals surface area contributed by atoms with E-state index >= 15 is 0 Å². The smallest absolute Gasteiger partial charge is 0.255 e. The first-order valence-electron chi connectivity index (χ1n) is 7.85. The molecule has 8 nitrogen and oxygen atoms in total. The molecule has 0 fully saturated rings. The molecular weight excluding hydrogens is 354 g/mol. The van der Waals surface area contributed by atoms with Crippen LogP contribution in [0.4, 0.5) is 5.69 Å². The largest absolute Gasteiger partial charge is 0.319 e. The molecule has 1 aromatic carbocycles. The van der Waals surface area contributed by atoms with Crippen molar-refractivity contribution in [1.82, 2.24) is 19.7 Å². The number of anilines is 1. The fraction of sp³-hybridized carbons (Fsp3) is 0.176. The van der Waals surface area contributed by atoms with Crippen molar-refractivity contribution >= 4 is 21.4 Å². The monoisotopic (exact) mass is 371 g/mol. The minimum absolute atomic E-state index is 0.189. The molecule has 2 heterocycles. The molecule has 2 aromatic heterocycles. The number of nitrogens with one attached hydrogen (secondary N) is 1. The van der Waals surface area contributed by atoms with Gasteiger partial charge < -0.3 is 5.32 Å². The number of amides is 1. The average molecular weight is 371 g/mol. The van der Waals surface area contributed by atoms with Crippen LogP contribution in [0.1, 0.15) is 24.2 Å². The van der Waals surface area contributed by atoms with E-state index in [9.17, 15) is 13.2 Å². The molecule has 0 aliphatic rings. The Morgan fingerprint density at radius 1 is 1.15 bits per heavy atom. The Balaban J connectivity index is 1.84. The molecule has 134 valence electrons. The zero-order valence-corrected chi connectivity index (χ0v) is 15.0. The van der Waals surface area contributed by atoms with Crippen molar-refractivity contribution in [2.24, 2.45) is 0 Å². The lowest BCUT2D eigenvalue weighted by Crippen LogP contribution is -2.16. The Bertz CT molecular complexity index is 1010. The Morgan fingerprint density at radius 3 is 2.50 bits per heavy atom. The van der Waals surface area contributed by atoms with Crippen LogP contribution in [0.5, 0.6) is 0 Å². The third-order valence-electron chi connectivity index (χ3n) is 3.74. The van der Waals surface area contributed by atoms with Gasteiger partial charge in [-0.2, -0.15) is 5.10 Å². The third kappa shape index (κ3) is 3.47. The van der Waals surface area contributed by atoms with Crippen LogP contribution in [0, 0.1) is 0 Å². The van der Waals surface area contributed by atoms with Crippen LogP contribution in [0.2, 0.25) is 0 Å². The maximum atomic E-state index is 12.5. The number of benzene rings is 1. The van der Waals surface area contributed by atoms with Crippen LogP contribution in [-0.2, 0) is 9.84 Å². The predicted octanol–water partition coefficient (Wildman–Crippen LogP) is 2.10. The number of nitrogens with zero attached hydrogens (tertiary/aromatic N) is 4. The Hall–Kier alpha value is -3.07. The van der Waals surface area contributed by atoms with Gasteiger partial charge >= 0.3 is 0 Å². The molecule has 3 rings (SSSR count). The van der Waals surface area contributed by atoms with Gasteiger partial charge in [-0.25, -0.2) is 23.1 Å². The second-order valence-electron chi connectivity index (χ2n) is 5.79. The van der Waals surface area contributed by atoms with Crippen molar-refractivity contribution in [1.29, 1.82) is 0 Å². The summed E-state index contributed by atoms with van der Waals surface area (Å²) in [5, 5.41) is 6.24. The lowest BCUT2D eigenvalue weighted by molar-refractivity contribution is 0.102. The van der Waals surface area contributed by atoms with Crippen LogP contribution < -0.4 is 5.32 Å². The van der Waals surface area contributed by atoms with E-state index in [0.717, 1.165) is 0 Å². The van der Waals surface area contributed by atoms with Crippen molar-refractivity contribution < 1.29 is 13.2 Å². The second kappa shape index (κ2) is 7.04. The zero-order valence-electron chi connectivity index (χ0n) is 14.2. The first-order chi connectivity index (χ1) is 12.4. The highest BCUT2D eigenvalue weighted by atomic mass is 32.2. The summed E-state index contributed by atoms with van der Waals surface area (Å²) in [5.41, 5.74) is 0.794. The molecule has 0 atom stereocenters. The van der Waals surface area contributed by atoms with E-state index in [-0.39, 0.29) is 10.8 Å². The minimum atomic E-state index is -3.37. The van der Waals surface area contributed by atoms with Crippen LogP contribution in [0.25, 0.3) is 5.82 Å². The SMILES string of the molecule is CC(C)S(=O)(=O)c1ccc(C(=O)Nc2cccnc2-n2cncn2)cc1. The maximum absolute atomic E-state index is 12.5. The summed E-state index contributed by atoms with van der Waals surface area (Å²) in [6, 6.07) is 9.22. The fourth-order valence-corrected chi connectivity index (χ4v) is 3.32. The molecule has 0 unspecified atom stereocenters. The summed E-state index contributed by atoms with van der Waals surface area (Å²) in [6.45, 7) is 3.23. The molecule has 0 saturated carbocycles. The number of hydrogen-bond donors (Lipinski definition) is 1. The van der Waals surface area contributed by atoms with E-state index in [0.29, 0.717) is 17.1 Å². The van der Waals surface area contributed by atoms with E-state index in [1.165, 1.54) is 41.6 Å². The molecule has 1 N–H and O–H groups in total. The molecule has 26 heavy (non-hydrogen) atoms. The Kier molecular flexibility index (Phi) is 4.81. The number of pyridine rings is 1. The Labute approximate surface area is 150 Å². The molecular formula is C17H17N5O3S.